The molecule has 1 amide bonds. The number of rotatable bonds is 6. The molecule has 1 heterocycles. The Labute approximate surface area is 155 Å². The minimum atomic E-state index is -0.202. The number of nitrogen functional groups attached to an aromatic ring is 1. The van der Waals surface area contributed by atoms with Crippen LogP contribution >= 0.6 is 11.8 Å². The molecule has 0 spiro atoms. The molecular formula is C18H16N6OS. The van der Waals surface area contributed by atoms with Gasteiger partial charge < -0.3 is 5.84 Å². The lowest BCUT2D eigenvalue weighted by Crippen LogP contribution is -2.32. The quantitative estimate of drug-likeness (QED) is 0.409. The first-order valence-corrected chi connectivity index (χ1v) is 8.80. The van der Waals surface area contributed by atoms with Gasteiger partial charge in [-0.05, 0) is 12.1 Å². The van der Waals surface area contributed by atoms with Gasteiger partial charge in [0.1, 0.15) is 6.54 Å². The highest BCUT2D eigenvalue weighted by Crippen LogP contribution is 2.22. The predicted octanol–water partition coefficient (Wildman–Crippen LogP) is 2.31. The van der Waals surface area contributed by atoms with E-state index in [2.05, 4.69) is 10.2 Å². The maximum atomic E-state index is 12.6. The Hall–Kier alpha value is -3.31. The van der Waals surface area contributed by atoms with Gasteiger partial charge in [-0.3, -0.25) is 9.69 Å². The summed E-state index contributed by atoms with van der Waals surface area (Å²) in [5.74, 6) is 6.48. The van der Waals surface area contributed by atoms with Gasteiger partial charge in [0.25, 0.3) is 0 Å². The van der Waals surface area contributed by atoms with Crippen LogP contribution in [-0.2, 0) is 4.79 Å². The third kappa shape index (κ3) is 3.84. The topological polar surface area (TPSA) is 101 Å². The Morgan fingerprint density at radius 1 is 1.12 bits per heavy atom. The van der Waals surface area contributed by atoms with Crippen LogP contribution < -0.4 is 10.7 Å². The second kappa shape index (κ2) is 8.18. The summed E-state index contributed by atoms with van der Waals surface area (Å²) in [6.07, 6.45) is 0. The van der Waals surface area contributed by atoms with Crippen LogP contribution in [0.5, 0.6) is 0 Å². The highest BCUT2D eigenvalue weighted by molar-refractivity contribution is 7.99. The standard InChI is InChI=1S/C18H16N6OS/c19-11-12-23(15-9-5-2-6-10-15)16(25)13-26-18-22-21-17(24(18)20)14-7-3-1-4-8-14/h1-10H,12-13,20H2. The molecular weight excluding hydrogens is 348 g/mol. The molecule has 130 valence electrons. The van der Waals surface area contributed by atoms with E-state index in [1.165, 1.54) is 21.3 Å². The first-order chi connectivity index (χ1) is 12.7. The van der Waals surface area contributed by atoms with Crippen LogP contribution in [0.15, 0.2) is 65.8 Å². The van der Waals surface area contributed by atoms with Gasteiger partial charge >= 0.3 is 0 Å². The number of hydrogen-bond donors (Lipinski definition) is 1. The van der Waals surface area contributed by atoms with Gasteiger partial charge in [0.2, 0.25) is 11.1 Å². The fourth-order valence-electron chi connectivity index (χ4n) is 2.37. The molecule has 0 aliphatic carbocycles. The van der Waals surface area contributed by atoms with Gasteiger partial charge in [0.15, 0.2) is 5.82 Å². The first-order valence-electron chi connectivity index (χ1n) is 7.82. The molecule has 0 atom stereocenters. The van der Waals surface area contributed by atoms with Gasteiger partial charge in [0, 0.05) is 11.3 Å². The summed E-state index contributed by atoms with van der Waals surface area (Å²) in [6.45, 7) is -0.0199. The summed E-state index contributed by atoms with van der Waals surface area (Å²) in [6, 6.07) is 20.6. The van der Waals surface area contributed by atoms with Crippen LogP contribution in [0.4, 0.5) is 5.69 Å². The van der Waals surface area contributed by atoms with Gasteiger partial charge in [-0.25, -0.2) is 4.68 Å². The third-order valence-electron chi connectivity index (χ3n) is 3.62. The summed E-state index contributed by atoms with van der Waals surface area (Å²) < 4.78 is 1.37. The Morgan fingerprint density at radius 3 is 2.42 bits per heavy atom. The molecule has 0 aliphatic heterocycles. The van der Waals surface area contributed by atoms with Gasteiger partial charge in [-0.2, -0.15) is 5.26 Å². The minimum absolute atomic E-state index is 0.0199. The van der Waals surface area contributed by atoms with Crippen molar-refractivity contribution in [3.63, 3.8) is 0 Å². The summed E-state index contributed by atoms with van der Waals surface area (Å²) in [4.78, 5) is 14.0. The molecule has 3 aromatic rings. The average molecular weight is 364 g/mol. The number of thioether (sulfide) groups is 1. The maximum Gasteiger partial charge on any atom is 0.238 e. The zero-order valence-corrected chi connectivity index (χ0v) is 14.6. The zero-order valence-electron chi connectivity index (χ0n) is 13.8. The van der Waals surface area contributed by atoms with Crippen molar-refractivity contribution in [2.45, 2.75) is 5.16 Å². The Morgan fingerprint density at radius 2 is 1.77 bits per heavy atom. The minimum Gasteiger partial charge on any atom is -0.335 e. The van der Waals surface area contributed by atoms with Crippen molar-refractivity contribution in [1.82, 2.24) is 14.9 Å². The average Bonchev–Trinajstić information content (AvgIpc) is 3.06. The molecule has 3 rings (SSSR count). The fourth-order valence-corrected chi connectivity index (χ4v) is 3.10. The molecule has 0 aliphatic rings. The zero-order chi connectivity index (χ0) is 18.4. The number of hydrogen-bond acceptors (Lipinski definition) is 6. The number of amides is 1. The van der Waals surface area contributed by atoms with Gasteiger partial charge in [-0.15, -0.1) is 10.2 Å². The highest BCUT2D eigenvalue weighted by atomic mass is 32.2. The number of para-hydroxylation sites is 1. The van der Waals surface area contributed by atoms with Crippen molar-refractivity contribution >= 4 is 23.4 Å². The number of carbonyl (C=O) groups is 1. The van der Waals surface area contributed by atoms with Crippen molar-refractivity contribution in [2.24, 2.45) is 0 Å². The van der Waals surface area contributed by atoms with E-state index in [-0.39, 0.29) is 18.2 Å². The molecule has 1 aromatic heterocycles. The number of aromatic nitrogens is 3. The lowest BCUT2D eigenvalue weighted by atomic mass is 10.2. The second-order valence-electron chi connectivity index (χ2n) is 5.30. The molecule has 26 heavy (non-hydrogen) atoms. The van der Waals surface area contributed by atoms with E-state index in [0.717, 1.165) is 5.56 Å². The summed E-state index contributed by atoms with van der Waals surface area (Å²) >= 11 is 1.18. The van der Waals surface area contributed by atoms with E-state index in [0.29, 0.717) is 16.7 Å². The number of nitrogens with two attached hydrogens (primary N) is 1. The SMILES string of the molecule is N#CCN(C(=O)CSc1nnc(-c2ccccc2)n1N)c1ccccc1. The number of benzene rings is 2. The molecule has 0 unspecified atom stereocenters. The number of anilines is 1. The van der Waals surface area contributed by atoms with Crippen LogP contribution in [0.25, 0.3) is 11.4 Å². The van der Waals surface area contributed by atoms with Crippen LogP contribution in [0.1, 0.15) is 0 Å². The molecule has 0 radical (unpaired) electrons. The lowest BCUT2D eigenvalue weighted by Gasteiger charge is -2.19. The molecule has 8 heteroatoms. The first kappa shape index (κ1) is 17.5. The molecule has 0 saturated heterocycles. The van der Waals surface area contributed by atoms with E-state index < -0.39 is 0 Å². The summed E-state index contributed by atoms with van der Waals surface area (Å²) in [5.41, 5.74) is 1.52. The van der Waals surface area contributed by atoms with E-state index in [4.69, 9.17) is 11.1 Å². The maximum absolute atomic E-state index is 12.6. The van der Waals surface area contributed by atoms with E-state index in [1.807, 2.05) is 54.6 Å². The molecule has 0 saturated carbocycles. The number of nitrogens with zero attached hydrogens (tertiary/aromatic N) is 5. The number of carbonyl (C=O) groups excluding carboxylic acids is 1. The van der Waals surface area contributed by atoms with E-state index >= 15 is 0 Å². The normalized spacial score (nSPS) is 10.3. The van der Waals surface area contributed by atoms with Crippen molar-refractivity contribution in [3.05, 3.63) is 60.7 Å². The van der Waals surface area contributed by atoms with Gasteiger partial charge in [-0.1, -0.05) is 60.3 Å². The van der Waals surface area contributed by atoms with Crippen LogP contribution in [0.2, 0.25) is 0 Å². The second-order valence-corrected chi connectivity index (χ2v) is 6.25. The lowest BCUT2D eigenvalue weighted by molar-refractivity contribution is -0.116. The monoisotopic (exact) mass is 364 g/mol. The number of nitriles is 1. The van der Waals surface area contributed by atoms with Crippen molar-refractivity contribution in [2.75, 3.05) is 23.0 Å². The smallest absolute Gasteiger partial charge is 0.238 e. The Bertz CT molecular complexity index is 920. The molecule has 0 bridgehead atoms. The van der Waals surface area contributed by atoms with E-state index in [1.54, 1.807) is 12.1 Å². The fraction of sp³-hybridized carbons (Fsp3) is 0.111. The summed E-state index contributed by atoms with van der Waals surface area (Å²) in [7, 11) is 0. The third-order valence-corrected chi connectivity index (χ3v) is 4.55. The molecule has 7 nitrogen and oxygen atoms in total. The molecule has 2 N–H and O–H groups in total. The molecule has 2 aromatic carbocycles. The predicted molar refractivity (Wildman–Crippen MR) is 101 cm³/mol. The highest BCUT2D eigenvalue weighted by Gasteiger charge is 2.18. The Kier molecular flexibility index (Phi) is 5.51. The largest absolute Gasteiger partial charge is 0.335 e. The van der Waals surface area contributed by atoms with E-state index in [9.17, 15) is 4.79 Å². The Balaban J connectivity index is 1.71. The van der Waals surface area contributed by atoms with Crippen molar-refractivity contribution in [1.29, 1.82) is 5.26 Å². The summed E-state index contributed by atoms with van der Waals surface area (Å²) in [5, 5.41) is 17.6. The van der Waals surface area contributed by atoms with Crippen LogP contribution in [0, 0.1) is 11.3 Å². The molecule has 0 fully saturated rings. The van der Waals surface area contributed by atoms with Crippen molar-refractivity contribution in [3.8, 4) is 17.5 Å². The van der Waals surface area contributed by atoms with Crippen molar-refractivity contribution < 1.29 is 4.79 Å². The van der Waals surface area contributed by atoms with Crippen LogP contribution in [-0.4, -0.2) is 33.1 Å². The van der Waals surface area contributed by atoms with Crippen LogP contribution in [0.3, 0.4) is 0 Å². The van der Waals surface area contributed by atoms with Gasteiger partial charge in [0.05, 0.1) is 11.8 Å².